The van der Waals surface area contributed by atoms with Crippen molar-refractivity contribution < 1.29 is 9.90 Å². The molecule has 1 aromatic carbocycles. The van der Waals surface area contributed by atoms with Crippen LogP contribution in [0.1, 0.15) is 18.9 Å². The van der Waals surface area contributed by atoms with Crippen LogP contribution in [0.25, 0.3) is 10.9 Å². The Balaban J connectivity index is 2.10. The van der Waals surface area contributed by atoms with Crippen LogP contribution in [0.4, 0.5) is 0 Å². The molecule has 2 rings (SSSR count). The number of aliphatic hydroxyl groups is 1. The van der Waals surface area contributed by atoms with Crippen LogP contribution >= 0.6 is 0 Å². The minimum atomic E-state index is -0.372. The van der Waals surface area contributed by atoms with Crippen molar-refractivity contribution in [3.8, 4) is 0 Å². The molecule has 0 aliphatic rings. The lowest BCUT2D eigenvalue weighted by molar-refractivity contribution is -0.129. The van der Waals surface area contributed by atoms with E-state index in [1.807, 2.05) is 36.0 Å². The highest BCUT2D eigenvalue weighted by Gasteiger charge is 2.14. The van der Waals surface area contributed by atoms with E-state index < -0.39 is 0 Å². The first kappa shape index (κ1) is 14.6. The predicted molar refractivity (Wildman–Crippen MR) is 80.6 cm³/mol. The van der Waals surface area contributed by atoms with Crippen LogP contribution in [0.5, 0.6) is 0 Å². The number of carbonyl (C=O) groups excluding carboxylic acids is 1. The molecule has 0 saturated carbocycles. The fourth-order valence-electron chi connectivity index (χ4n) is 2.37. The molecular formula is C16H22N2O2. The molecule has 1 heterocycles. The Morgan fingerprint density at radius 2 is 2.10 bits per heavy atom. The summed E-state index contributed by atoms with van der Waals surface area (Å²) in [6.07, 6.45) is 2.66. The van der Waals surface area contributed by atoms with E-state index in [9.17, 15) is 9.90 Å². The highest BCUT2D eigenvalue weighted by atomic mass is 16.3. The number of likely N-dealkylation sites (N-methyl/N-ethyl adjacent to an activating group) is 1. The summed E-state index contributed by atoms with van der Waals surface area (Å²) in [6, 6.07) is 8.10. The molecule has 0 spiro atoms. The second-order valence-corrected chi connectivity index (χ2v) is 5.41. The molecule has 1 unspecified atom stereocenters. The number of aromatic nitrogens is 1. The zero-order chi connectivity index (χ0) is 14.7. The Hall–Kier alpha value is -1.81. The van der Waals surface area contributed by atoms with E-state index >= 15 is 0 Å². The first-order chi connectivity index (χ1) is 9.49. The highest BCUT2D eigenvalue weighted by Crippen LogP contribution is 2.21. The standard InChI is InChI=1S/C16H22N2O2/c1-12(19)8-9-17(2)16(20)10-13-11-18(3)15-7-5-4-6-14(13)15/h4-7,11-12,19H,8-10H2,1-3H3. The van der Waals surface area contributed by atoms with E-state index in [1.54, 1.807) is 18.9 Å². The number of nitrogens with zero attached hydrogens (tertiary/aromatic N) is 2. The summed E-state index contributed by atoms with van der Waals surface area (Å²) < 4.78 is 2.05. The zero-order valence-corrected chi connectivity index (χ0v) is 12.3. The number of hydrogen-bond donors (Lipinski definition) is 1. The van der Waals surface area contributed by atoms with E-state index in [0.29, 0.717) is 19.4 Å². The van der Waals surface area contributed by atoms with Crippen molar-refractivity contribution >= 4 is 16.8 Å². The first-order valence-corrected chi connectivity index (χ1v) is 6.94. The molecular weight excluding hydrogens is 252 g/mol. The van der Waals surface area contributed by atoms with E-state index in [0.717, 1.165) is 16.5 Å². The number of fused-ring (bicyclic) bond motifs is 1. The van der Waals surface area contributed by atoms with Crippen molar-refractivity contribution in [3.05, 3.63) is 36.0 Å². The lowest BCUT2D eigenvalue weighted by Gasteiger charge is -2.17. The van der Waals surface area contributed by atoms with Crippen molar-refractivity contribution in [2.45, 2.75) is 25.9 Å². The average molecular weight is 274 g/mol. The van der Waals surface area contributed by atoms with Crippen LogP contribution in [0.3, 0.4) is 0 Å². The number of aliphatic hydroxyl groups excluding tert-OH is 1. The van der Waals surface area contributed by atoms with E-state index in [4.69, 9.17) is 0 Å². The van der Waals surface area contributed by atoms with Crippen LogP contribution in [-0.2, 0) is 18.3 Å². The van der Waals surface area contributed by atoms with Gasteiger partial charge in [0.1, 0.15) is 0 Å². The molecule has 0 aliphatic heterocycles. The summed E-state index contributed by atoms with van der Waals surface area (Å²) in [5.41, 5.74) is 2.19. The van der Waals surface area contributed by atoms with Crippen LogP contribution in [0, 0.1) is 0 Å². The number of para-hydroxylation sites is 1. The monoisotopic (exact) mass is 274 g/mol. The number of carbonyl (C=O) groups is 1. The summed E-state index contributed by atoms with van der Waals surface area (Å²) >= 11 is 0. The number of rotatable bonds is 5. The van der Waals surface area contributed by atoms with Gasteiger partial charge in [-0.3, -0.25) is 4.79 Å². The maximum atomic E-state index is 12.2. The topological polar surface area (TPSA) is 45.5 Å². The zero-order valence-electron chi connectivity index (χ0n) is 12.3. The third-order valence-corrected chi connectivity index (χ3v) is 3.63. The maximum Gasteiger partial charge on any atom is 0.226 e. The van der Waals surface area contributed by atoms with Crippen LogP contribution < -0.4 is 0 Å². The van der Waals surface area contributed by atoms with E-state index in [-0.39, 0.29) is 12.0 Å². The van der Waals surface area contributed by atoms with Crippen molar-refractivity contribution in [2.24, 2.45) is 7.05 Å². The van der Waals surface area contributed by atoms with Gasteiger partial charge in [0, 0.05) is 37.7 Å². The smallest absolute Gasteiger partial charge is 0.226 e. The quantitative estimate of drug-likeness (QED) is 0.906. The van der Waals surface area contributed by atoms with Gasteiger partial charge in [0.2, 0.25) is 5.91 Å². The first-order valence-electron chi connectivity index (χ1n) is 6.94. The van der Waals surface area contributed by atoms with Gasteiger partial charge in [-0.05, 0) is 25.0 Å². The fourth-order valence-corrected chi connectivity index (χ4v) is 2.37. The number of benzene rings is 1. The third-order valence-electron chi connectivity index (χ3n) is 3.63. The molecule has 4 nitrogen and oxygen atoms in total. The molecule has 2 aromatic rings. The van der Waals surface area contributed by atoms with E-state index in [1.165, 1.54) is 0 Å². The Morgan fingerprint density at radius 1 is 1.40 bits per heavy atom. The number of amides is 1. The maximum absolute atomic E-state index is 12.2. The van der Waals surface area contributed by atoms with Gasteiger partial charge >= 0.3 is 0 Å². The molecule has 1 atom stereocenters. The van der Waals surface area contributed by atoms with Gasteiger partial charge in [-0.15, -0.1) is 0 Å². The van der Waals surface area contributed by atoms with Crippen molar-refractivity contribution in [2.75, 3.05) is 13.6 Å². The van der Waals surface area contributed by atoms with Gasteiger partial charge in [0.05, 0.1) is 12.5 Å². The van der Waals surface area contributed by atoms with Crippen molar-refractivity contribution in [3.63, 3.8) is 0 Å². The van der Waals surface area contributed by atoms with Gasteiger partial charge in [0.25, 0.3) is 0 Å². The molecule has 0 bridgehead atoms. The molecule has 108 valence electrons. The summed E-state index contributed by atoms with van der Waals surface area (Å²) in [5.74, 6) is 0.0852. The van der Waals surface area contributed by atoms with Crippen molar-refractivity contribution in [1.82, 2.24) is 9.47 Å². The molecule has 0 radical (unpaired) electrons. The summed E-state index contributed by atoms with van der Waals surface area (Å²) in [4.78, 5) is 13.9. The van der Waals surface area contributed by atoms with Crippen molar-refractivity contribution in [1.29, 1.82) is 0 Å². The molecule has 20 heavy (non-hydrogen) atoms. The summed E-state index contributed by atoms with van der Waals surface area (Å²) in [6.45, 7) is 2.32. The fraction of sp³-hybridized carbons (Fsp3) is 0.438. The van der Waals surface area contributed by atoms with E-state index in [2.05, 4.69) is 6.07 Å². The molecule has 1 amide bonds. The Labute approximate surface area is 119 Å². The molecule has 1 aromatic heterocycles. The van der Waals surface area contributed by atoms with Gasteiger partial charge in [0.15, 0.2) is 0 Å². The SMILES string of the molecule is CC(O)CCN(C)C(=O)Cc1cn(C)c2ccccc12. The molecule has 0 saturated heterocycles. The normalized spacial score (nSPS) is 12.6. The second-order valence-electron chi connectivity index (χ2n) is 5.41. The van der Waals surface area contributed by atoms with Crippen LogP contribution in [0.2, 0.25) is 0 Å². The minimum absolute atomic E-state index is 0.0852. The highest BCUT2D eigenvalue weighted by molar-refractivity contribution is 5.89. The number of hydrogen-bond acceptors (Lipinski definition) is 2. The van der Waals surface area contributed by atoms with Gasteiger partial charge in [-0.1, -0.05) is 18.2 Å². The van der Waals surface area contributed by atoms with Crippen LogP contribution in [0.15, 0.2) is 30.5 Å². The second kappa shape index (κ2) is 6.09. The summed E-state index contributed by atoms with van der Waals surface area (Å²) in [7, 11) is 3.78. The third kappa shape index (κ3) is 3.20. The Bertz CT molecular complexity index is 602. The lowest BCUT2D eigenvalue weighted by Crippen LogP contribution is -2.30. The Morgan fingerprint density at radius 3 is 2.80 bits per heavy atom. The van der Waals surface area contributed by atoms with Gasteiger partial charge in [-0.2, -0.15) is 0 Å². The van der Waals surface area contributed by atoms with Crippen LogP contribution in [-0.4, -0.2) is 40.2 Å². The molecule has 4 heteroatoms. The minimum Gasteiger partial charge on any atom is -0.393 e. The molecule has 0 aliphatic carbocycles. The lowest BCUT2D eigenvalue weighted by atomic mass is 10.1. The molecule has 0 fully saturated rings. The average Bonchev–Trinajstić information content (AvgIpc) is 2.73. The predicted octanol–water partition coefficient (Wildman–Crippen LogP) is 1.95. The summed E-state index contributed by atoms with van der Waals surface area (Å²) in [5, 5.41) is 10.4. The Kier molecular flexibility index (Phi) is 4.45. The molecule has 1 N–H and O–H groups in total. The largest absolute Gasteiger partial charge is 0.393 e. The number of aryl methyl sites for hydroxylation is 1. The van der Waals surface area contributed by atoms with Gasteiger partial charge in [-0.25, -0.2) is 0 Å². The van der Waals surface area contributed by atoms with Gasteiger partial charge < -0.3 is 14.6 Å².